The quantitative estimate of drug-likeness (QED) is 0.658. The van der Waals surface area contributed by atoms with Crippen LogP contribution in [0.5, 0.6) is 11.5 Å². The number of para-hydroxylation sites is 1. The summed E-state index contributed by atoms with van der Waals surface area (Å²) >= 11 is 1.36. The number of aromatic nitrogens is 3. The zero-order valence-electron chi connectivity index (χ0n) is 14.7. The van der Waals surface area contributed by atoms with E-state index >= 15 is 0 Å². The Morgan fingerprint density at radius 1 is 1.15 bits per heavy atom. The smallest absolute Gasteiger partial charge is 0.234 e. The molecule has 1 N–H and O–H groups in total. The van der Waals surface area contributed by atoms with Crippen LogP contribution in [0.2, 0.25) is 0 Å². The van der Waals surface area contributed by atoms with Gasteiger partial charge in [0.15, 0.2) is 22.5 Å². The number of thioether (sulfide) groups is 1. The summed E-state index contributed by atoms with van der Waals surface area (Å²) in [6.07, 6.45) is 0. The van der Waals surface area contributed by atoms with Crippen molar-refractivity contribution < 1.29 is 14.3 Å². The summed E-state index contributed by atoms with van der Waals surface area (Å²) in [5, 5.41) is 12.1. The number of hydrogen-bond donors (Lipinski definition) is 1. The van der Waals surface area contributed by atoms with Crippen molar-refractivity contribution in [2.45, 2.75) is 18.6 Å². The predicted molar refractivity (Wildman–Crippen MR) is 103 cm³/mol. The van der Waals surface area contributed by atoms with Crippen molar-refractivity contribution in [1.82, 2.24) is 14.8 Å². The summed E-state index contributed by atoms with van der Waals surface area (Å²) in [5.41, 5.74) is 1.68. The van der Waals surface area contributed by atoms with Gasteiger partial charge in [0.1, 0.15) is 0 Å². The zero-order chi connectivity index (χ0) is 18.6. The van der Waals surface area contributed by atoms with Gasteiger partial charge in [-0.25, -0.2) is 0 Å². The molecule has 2 aromatic carbocycles. The van der Waals surface area contributed by atoms with E-state index in [4.69, 9.17) is 9.47 Å². The van der Waals surface area contributed by atoms with E-state index in [-0.39, 0.29) is 18.5 Å². The molecule has 1 aliphatic rings. The fourth-order valence-electron chi connectivity index (χ4n) is 2.78. The lowest BCUT2D eigenvalue weighted by Crippen LogP contribution is -2.14. The molecule has 0 radical (unpaired) electrons. The Kier molecular flexibility index (Phi) is 4.97. The number of benzene rings is 2. The Morgan fingerprint density at radius 2 is 1.96 bits per heavy atom. The summed E-state index contributed by atoms with van der Waals surface area (Å²) in [6.45, 7) is 2.95. The van der Waals surface area contributed by atoms with Gasteiger partial charge in [-0.1, -0.05) is 30.0 Å². The zero-order valence-corrected chi connectivity index (χ0v) is 15.5. The number of carbonyl (C=O) groups excluding carboxylic acids is 1. The van der Waals surface area contributed by atoms with Crippen molar-refractivity contribution in [3.63, 3.8) is 0 Å². The number of anilines is 1. The maximum Gasteiger partial charge on any atom is 0.234 e. The molecular formula is C19H18N4O3S. The van der Waals surface area contributed by atoms with Gasteiger partial charge < -0.3 is 19.4 Å². The SMILES string of the molecule is CCn1c(SCC(=O)Nc2ccccc2)nnc1-c1ccc2c(c1)OCO2. The van der Waals surface area contributed by atoms with Crippen LogP contribution in [0.25, 0.3) is 11.4 Å². The highest BCUT2D eigenvalue weighted by Gasteiger charge is 2.18. The van der Waals surface area contributed by atoms with Crippen LogP contribution in [0.3, 0.4) is 0 Å². The number of rotatable bonds is 6. The van der Waals surface area contributed by atoms with Crippen molar-refractivity contribution in [3.8, 4) is 22.9 Å². The van der Waals surface area contributed by atoms with E-state index in [0.717, 1.165) is 22.8 Å². The molecule has 0 bridgehead atoms. The van der Waals surface area contributed by atoms with Crippen LogP contribution in [-0.4, -0.2) is 33.2 Å². The van der Waals surface area contributed by atoms with Gasteiger partial charge >= 0.3 is 0 Å². The standard InChI is InChI=1S/C19H18N4O3S/c1-2-23-18(13-8-9-15-16(10-13)26-12-25-15)21-22-19(23)27-11-17(24)20-14-6-4-3-5-7-14/h3-10H,2,11-12H2,1H3,(H,20,24). The third kappa shape index (κ3) is 3.75. The third-order valence-corrected chi connectivity index (χ3v) is 5.02. The predicted octanol–water partition coefficient (Wildman–Crippen LogP) is 3.42. The molecule has 0 saturated carbocycles. The van der Waals surface area contributed by atoms with E-state index in [1.54, 1.807) is 0 Å². The molecule has 0 fully saturated rings. The molecule has 3 aromatic rings. The minimum Gasteiger partial charge on any atom is -0.454 e. The normalized spacial score (nSPS) is 12.2. The van der Waals surface area contributed by atoms with Crippen LogP contribution >= 0.6 is 11.8 Å². The maximum absolute atomic E-state index is 12.2. The molecule has 0 saturated heterocycles. The summed E-state index contributed by atoms with van der Waals surface area (Å²) in [7, 11) is 0. The molecule has 0 spiro atoms. The first kappa shape index (κ1) is 17.4. The minimum absolute atomic E-state index is 0.0820. The molecule has 1 aliphatic heterocycles. The number of carbonyl (C=O) groups is 1. The van der Waals surface area contributed by atoms with E-state index < -0.39 is 0 Å². The maximum atomic E-state index is 12.2. The lowest BCUT2D eigenvalue weighted by Gasteiger charge is -2.08. The third-order valence-electron chi connectivity index (χ3n) is 4.05. The molecule has 0 aliphatic carbocycles. The lowest BCUT2D eigenvalue weighted by molar-refractivity contribution is -0.113. The summed E-state index contributed by atoms with van der Waals surface area (Å²) in [6, 6.07) is 15.1. The number of hydrogen-bond acceptors (Lipinski definition) is 6. The number of nitrogens with one attached hydrogen (secondary N) is 1. The van der Waals surface area contributed by atoms with Gasteiger partial charge in [-0.15, -0.1) is 10.2 Å². The van der Waals surface area contributed by atoms with E-state index in [2.05, 4.69) is 15.5 Å². The highest BCUT2D eigenvalue weighted by Crippen LogP contribution is 2.36. The Balaban J connectivity index is 1.47. The van der Waals surface area contributed by atoms with E-state index in [1.807, 2.05) is 60.0 Å². The van der Waals surface area contributed by atoms with Crippen LogP contribution in [0.4, 0.5) is 5.69 Å². The van der Waals surface area contributed by atoms with Gasteiger partial charge in [0.25, 0.3) is 0 Å². The highest BCUT2D eigenvalue weighted by molar-refractivity contribution is 7.99. The molecular weight excluding hydrogens is 364 g/mol. The fraction of sp³-hybridized carbons (Fsp3) is 0.211. The second kappa shape index (κ2) is 7.71. The van der Waals surface area contributed by atoms with Crippen molar-refractivity contribution in [2.24, 2.45) is 0 Å². The van der Waals surface area contributed by atoms with Crippen molar-refractivity contribution in [1.29, 1.82) is 0 Å². The molecule has 4 rings (SSSR count). The largest absolute Gasteiger partial charge is 0.454 e. The summed E-state index contributed by atoms with van der Waals surface area (Å²) in [5.74, 6) is 2.35. The Morgan fingerprint density at radius 3 is 2.78 bits per heavy atom. The van der Waals surface area contributed by atoms with Crippen LogP contribution < -0.4 is 14.8 Å². The average molecular weight is 382 g/mol. The first-order valence-electron chi connectivity index (χ1n) is 8.55. The number of fused-ring (bicyclic) bond motifs is 1. The van der Waals surface area contributed by atoms with Gasteiger partial charge in [0, 0.05) is 17.8 Å². The molecule has 0 atom stereocenters. The molecule has 1 amide bonds. The first-order chi connectivity index (χ1) is 13.2. The summed E-state index contributed by atoms with van der Waals surface area (Å²) < 4.78 is 12.8. The van der Waals surface area contributed by atoms with Crippen LogP contribution in [0.1, 0.15) is 6.92 Å². The molecule has 2 heterocycles. The second-order valence-corrected chi connectivity index (χ2v) is 6.76. The average Bonchev–Trinajstić information content (AvgIpc) is 3.32. The number of ether oxygens (including phenoxy) is 2. The molecule has 7 nitrogen and oxygen atoms in total. The van der Waals surface area contributed by atoms with E-state index in [9.17, 15) is 4.79 Å². The first-order valence-corrected chi connectivity index (χ1v) is 9.54. The van der Waals surface area contributed by atoms with Crippen LogP contribution in [0.15, 0.2) is 53.7 Å². The van der Waals surface area contributed by atoms with Gasteiger partial charge in [-0.3, -0.25) is 4.79 Å². The monoisotopic (exact) mass is 382 g/mol. The molecule has 8 heteroatoms. The highest BCUT2D eigenvalue weighted by atomic mass is 32.2. The molecule has 1 aromatic heterocycles. The van der Waals surface area contributed by atoms with Gasteiger partial charge in [-0.05, 0) is 37.3 Å². The van der Waals surface area contributed by atoms with Gasteiger partial charge in [-0.2, -0.15) is 0 Å². The van der Waals surface area contributed by atoms with Gasteiger partial charge in [0.2, 0.25) is 12.7 Å². The topological polar surface area (TPSA) is 78.3 Å². The van der Waals surface area contributed by atoms with Crippen LogP contribution in [0, 0.1) is 0 Å². The van der Waals surface area contributed by atoms with Crippen molar-refractivity contribution in [3.05, 3.63) is 48.5 Å². The number of nitrogens with zero attached hydrogens (tertiary/aromatic N) is 3. The minimum atomic E-state index is -0.0820. The second-order valence-electron chi connectivity index (χ2n) is 5.82. The number of amides is 1. The molecule has 0 unspecified atom stereocenters. The molecule has 138 valence electrons. The Labute approximate surface area is 160 Å². The summed E-state index contributed by atoms with van der Waals surface area (Å²) in [4.78, 5) is 12.2. The molecule has 27 heavy (non-hydrogen) atoms. The van der Waals surface area contributed by atoms with Crippen molar-refractivity contribution >= 4 is 23.4 Å². The van der Waals surface area contributed by atoms with Crippen molar-refractivity contribution in [2.75, 3.05) is 17.9 Å². The van der Waals surface area contributed by atoms with Gasteiger partial charge in [0.05, 0.1) is 5.75 Å². The fourth-order valence-corrected chi connectivity index (χ4v) is 3.58. The van der Waals surface area contributed by atoms with Crippen LogP contribution in [-0.2, 0) is 11.3 Å². The Bertz CT molecular complexity index is 959. The lowest BCUT2D eigenvalue weighted by atomic mass is 10.2. The van der Waals surface area contributed by atoms with E-state index in [1.165, 1.54) is 11.8 Å². The Hall–Kier alpha value is -3.00. The van der Waals surface area contributed by atoms with E-state index in [0.29, 0.717) is 17.5 Å².